The molecule has 0 bridgehead atoms. The second-order valence-corrected chi connectivity index (χ2v) is 5.07. The maximum Gasteiger partial charge on any atom is 0.300 e. The van der Waals surface area contributed by atoms with E-state index in [0.29, 0.717) is 19.1 Å². The van der Waals surface area contributed by atoms with Crippen molar-refractivity contribution in [2.75, 3.05) is 19.8 Å². The molecule has 1 heterocycles. The average Bonchev–Trinajstić information content (AvgIpc) is 2.91. The summed E-state index contributed by atoms with van der Waals surface area (Å²) in [5.74, 6) is -0.0252. The van der Waals surface area contributed by atoms with Crippen molar-refractivity contribution < 1.29 is 14.5 Å². The van der Waals surface area contributed by atoms with E-state index in [1.165, 1.54) is 18.2 Å². The lowest BCUT2D eigenvalue weighted by molar-refractivity contribution is -0.385. The second-order valence-electron chi connectivity index (χ2n) is 4.67. The monoisotopic (exact) mass is 298 g/mol. The number of nitro benzene ring substituents is 1. The van der Waals surface area contributed by atoms with E-state index in [-0.39, 0.29) is 16.3 Å². The highest BCUT2D eigenvalue weighted by atomic mass is 35.5. The van der Waals surface area contributed by atoms with Crippen LogP contribution in [0.25, 0.3) is 0 Å². The Hall–Kier alpha value is -1.66. The van der Waals surface area contributed by atoms with Crippen LogP contribution in [0, 0.1) is 16.0 Å². The van der Waals surface area contributed by atoms with Gasteiger partial charge in [0.15, 0.2) is 0 Å². The van der Waals surface area contributed by atoms with Crippen LogP contribution in [0.3, 0.4) is 0 Å². The molecule has 0 aromatic heterocycles. The van der Waals surface area contributed by atoms with Crippen molar-refractivity contribution in [2.24, 2.45) is 5.92 Å². The maximum atomic E-state index is 12.0. The van der Waals surface area contributed by atoms with Crippen molar-refractivity contribution in [1.29, 1.82) is 0 Å². The van der Waals surface area contributed by atoms with Crippen LogP contribution in [0.4, 0.5) is 5.69 Å². The number of amides is 1. The highest BCUT2D eigenvalue weighted by Gasteiger charge is 2.23. The third-order valence-corrected chi connectivity index (χ3v) is 3.58. The van der Waals surface area contributed by atoms with Crippen molar-refractivity contribution in [3.05, 3.63) is 38.9 Å². The summed E-state index contributed by atoms with van der Waals surface area (Å²) in [6.45, 7) is 1.95. The number of carbonyl (C=O) groups is 1. The Labute approximate surface area is 121 Å². The van der Waals surface area contributed by atoms with Crippen molar-refractivity contribution in [3.8, 4) is 0 Å². The molecule has 2 rings (SSSR count). The van der Waals surface area contributed by atoms with Gasteiger partial charge < -0.3 is 10.1 Å². The summed E-state index contributed by atoms with van der Waals surface area (Å²) in [7, 11) is 0. The van der Waals surface area contributed by atoms with Gasteiger partial charge in [0, 0.05) is 19.8 Å². The van der Waals surface area contributed by atoms with E-state index in [1.807, 2.05) is 0 Å². The van der Waals surface area contributed by atoms with Gasteiger partial charge in [-0.3, -0.25) is 14.9 Å². The third-order valence-electron chi connectivity index (χ3n) is 3.28. The molecule has 1 aliphatic rings. The molecule has 0 radical (unpaired) electrons. The lowest BCUT2D eigenvalue weighted by atomic mass is 10.1. The zero-order valence-electron chi connectivity index (χ0n) is 10.8. The zero-order chi connectivity index (χ0) is 14.5. The fourth-order valence-electron chi connectivity index (χ4n) is 2.18. The molecule has 1 amide bonds. The minimum absolute atomic E-state index is 0.00910. The molecule has 1 unspecified atom stereocenters. The van der Waals surface area contributed by atoms with Gasteiger partial charge in [-0.1, -0.05) is 17.7 Å². The van der Waals surface area contributed by atoms with Gasteiger partial charge in [-0.05, 0) is 30.9 Å². The Morgan fingerprint density at radius 1 is 1.55 bits per heavy atom. The Kier molecular flexibility index (Phi) is 4.92. The first kappa shape index (κ1) is 14.7. The first-order valence-corrected chi connectivity index (χ1v) is 6.76. The molecule has 1 N–H and O–H groups in total. The second kappa shape index (κ2) is 6.67. The molecule has 1 fully saturated rings. The van der Waals surface area contributed by atoms with Crippen LogP contribution in [0.5, 0.6) is 0 Å². The molecule has 0 spiro atoms. The third kappa shape index (κ3) is 3.46. The minimum atomic E-state index is -0.637. The number of carbonyl (C=O) groups excluding carboxylic acids is 1. The molecule has 20 heavy (non-hydrogen) atoms. The highest BCUT2D eigenvalue weighted by Crippen LogP contribution is 2.28. The van der Waals surface area contributed by atoms with Crippen molar-refractivity contribution in [1.82, 2.24) is 5.32 Å². The van der Waals surface area contributed by atoms with Crippen LogP contribution in [0.15, 0.2) is 18.2 Å². The van der Waals surface area contributed by atoms with E-state index in [1.54, 1.807) is 0 Å². The molecule has 1 saturated heterocycles. The number of hydrogen-bond donors (Lipinski definition) is 1. The number of ether oxygens (including phenoxy) is 1. The number of rotatable bonds is 5. The van der Waals surface area contributed by atoms with Crippen LogP contribution >= 0.6 is 11.6 Å². The molecular weight excluding hydrogens is 284 g/mol. The molecule has 1 aliphatic heterocycles. The topological polar surface area (TPSA) is 81.5 Å². The lowest BCUT2D eigenvalue weighted by Gasteiger charge is -2.09. The number of para-hydroxylation sites is 1. The molecule has 7 heteroatoms. The normalized spacial score (nSPS) is 17.9. The van der Waals surface area contributed by atoms with Gasteiger partial charge in [-0.2, -0.15) is 0 Å². The smallest absolute Gasteiger partial charge is 0.300 e. The van der Waals surface area contributed by atoms with E-state index in [9.17, 15) is 14.9 Å². The Morgan fingerprint density at radius 3 is 3.00 bits per heavy atom. The fraction of sp³-hybridized carbons (Fsp3) is 0.462. The SMILES string of the molecule is O=C(NCCC1CCOC1)c1cccc(Cl)c1[N+](=O)[O-]. The molecule has 1 aromatic rings. The number of nitrogens with zero attached hydrogens (tertiary/aromatic N) is 1. The maximum absolute atomic E-state index is 12.0. The van der Waals surface area contributed by atoms with Gasteiger partial charge in [-0.15, -0.1) is 0 Å². The van der Waals surface area contributed by atoms with E-state index in [2.05, 4.69) is 5.32 Å². The first-order valence-electron chi connectivity index (χ1n) is 6.38. The van der Waals surface area contributed by atoms with Gasteiger partial charge in [0.05, 0.1) is 4.92 Å². The predicted molar refractivity (Wildman–Crippen MR) is 74.0 cm³/mol. The standard InChI is InChI=1S/C13H15ClN2O4/c14-11-3-1-2-10(12(11)16(18)19)13(17)15-6-4-9-5-7-20-8-9/h1-3,9H,4-8H2,(H,15,17). The van der Waals surface area contributed by atoms with E-state index in [0.717, 1.165) is 19.4 Å². The van der Waals surface area contributed by atoms with E-state index in [4.69, 9.17) is 16.3 Å². The number of benzene rings is 1. The summed E-state index contributed by atoms with van der Waals surface area (Å²) in [4.78, 5) is 22.3. The largest absolute Gasteiger partial charge is 0.381 e. The predicted octanol–water partition coefficient (Wildman–Crippen LogP) is 2.40. The van der Waals surface area contributed by atoms with Crippen molar-refractivity contribution in [3.63, 3.8) is 0 Å². The zero-order valence-corrected chi connectivity index (χ0v) is 11.6. The van der Waals surface area contributed by atoms with Crippen LogP contribution in [0.1, 0.15) is 23.2 Å². The number of hydrogen-bond acceptors (Lipinski definition) is 4. The Morgan fingerprint density at radius 2 is 2.35 bits per heavy atom. The van der Waals surface area contributed by atoms with Gasteiger partial charge in [0.1, 0.15) is 10.6 Å². The van der Waals surface area contributed by atoms with Crippen molar-refractivity contribution >= 4 is 23.2 Å². The van der Waals surface area contributed by atoms with Crippen LogP contribution in [0.2, 0.25) is 5.02 Å². The molecule has 108 valence electrons. The van der Waals surface area contributed by atoms with E-state index >= 15 is 0 Å². The van der Waals surface area contributed by atoms with Crippen LogP contribution < -0.4 is 5.32 Å². The molecule has 1 atom stereocenters. The van der Waals surface area contributed by atoms with Crippen molar-refractivity contribution in [2.45, 2.75) is 12.8 Å². The number of nitrogens with one attached hydrogen (secondary N) is 1. The van der Waals surface area contributed by atoms with Gasteiger partial charge in [-0.25, -0.2) is 0 Å². The van der Waals surface area contributed by atoms with Gasteiger partial charge in [0.25, 0.3) is 5.91 Å². The molecule has 0 aliphatic carbocycles. The quantitative estimate of drug-likeness (QED) is 0.668. The summed E-state index contributed by atoms with van der Waals surface area (Å²) in [5.41, 5.74) is -0.360. The Bertz CT molecular complexity index is 515. The summed E-state index contributed by atoms with van der Waals surface area (Å²) in [6, 6.07) is 4.32. The summed E-state index contributed by atoms with van der Waals surface area (Å²) in [5, 5.41) is 13.6. The minimum Gasteiger partial charge on any atom is -0.381 e. The summed E-state index contributed by atoms with van der Waals surface area (Å²) in [6.07, 6.45) is 1.80. The Balaban J connectivity index is 1.98. The lowest BCUT2D eigenvalue weighted by Crippen LogP contribution is -2.26. The first-order chi connectivity index (χ1) is 9.59. The van der Waals surface area contributed by atoms with Gasteiger partial charge in [0.2, 0.25) is 0 Å². The summed E-state index contributed by atoms with van der Waals surface area (Å²) < 4.78 is 5.25. The van der Waals surface area contributed by atoms with Gasteiger partial charge >= 0.3 is 5.69 Å². The molecular formula is C13H15ClN2O4. The fourth-order valence-corrected chi connectivity index (χ4v) is 2.42. The average molecular weight is 299 g/mol. The molecule has 0 saturated carbocycles. The van der Waals surface area contributed by atoms with E-state index < -0.39 is 10.8 Å². The number of nitro groups is 1. The van der Waals surface area contributed by atoms with Crippen LogP contribution in [-0.2, 0) is 4.74 Å². The van der Waals surface area contributed by atoms with Crippen LogP contribution in [-0.4, -0.2) is 30.6 Å². The number of halogens is 1. The molecule has 6 nitrogen and oxygen atoms in total. The highest BCUT2D eigenvalue weighted by molar-refractivity contribution is 6.33. The summed E-state index contributed by atoms with van der Waals surface area (Å²) >= 11 is 5.77. The molecule has 1 aromatic carbocycles.